The molecule has 0 spiro atoms. The SMILES string of the molecule is Cc1ccc(NC(N)=NCCC2CCCO2)cc1C. The summed E-state index contributed by atoms with van der Waals surface area (Å²) in [5, 5.41) is 3.12. The molecule has 2 rings (SSSR count). The van der Waals surface area contributed by atoms with E-state index in [2.05, 4.69) is 36.3 Å². The quantitative estimate of drug-likeness (QED) is 0.647. The monoisotopic (exact) mass is 261 g/mol. The number of nitrogens with one attached hydrogen (secondary N) is 1. The average molecular weight is 261 g/mol. The summed E-state index contributed by atoms with van der Waals surface area (Å²) in [6.07, 6.45) is 3.65. The Labute approximate surface area is 115 Å². The van der Waals surface area contributed by atoms with E-state index in [1.807, 2.05) is 6.07 Å². The zero-order chi connectivity index (χ0) is 13.7. The maximum absolute atomic E-state index is 5.88. The molecule has 1 heterocycles. The van der Waals surface area contributed by atoms with Crippen LogP contribution in [-0.2, 0) is 4.74 Å². The van der Waals surface area contributed by atoms with Crippen LogP contribution in [0, 0.1) is 13.8 Å². The van der Waals surface area contributed by atoms with Gasteiger partial charge >= 0.3 is 0 Å². The number of hydrogen-bond donors (Lipinski definition) is 2. The highest BCUT2D eigenvalue weighted by Gasteiger charge is 2.14. The highest BCUT2D eigenvalue weighted by molar-refractivity contribution is 5.92. The van der Waals surface area contributed by atoms with Crippen molar-refractivity contribution in [3.05, 3.63) is 29.3 Å². The molecule has 0 amide bonds. The smallest absolute Gasteiger partial charge is 0.193 e. The summed E-state index contributed by atoms with van der Waals surface area (Å²) < 4.78 is 5.55. The molecule has 0 radical (unpaired) electrons. The number of aryl methyl sites for hydroxylation is 2. The zero-order valence-corrected chi connectivity index (χ0v) is 11.8. The summed E-state index contributed by atoms with van der Waals surface area (Å²) in [5.41, 5.74) is 9.39. The molecule has 4 heteroatoms. The third kappa shape index (κ3) is 4.24. The van der Waals surface area contributed by atoms with Gasteiger partial charge in [0.15, 0.2) is 5.96 Å². The van der Waals surface area contributed by atoms with Crippen LogP contribution in [0.15, 0.2) is 23.2 Å². The van der Waals surface area contributed by atoms with Gasteiger partial charge in [-0.05, 0) is 56.4 Å². The van der Waals surface area contributed by atoms with Gasteiger partial charge in [-0.15, -0.1) is 0 Å². The molecule has 1 saturated heterocycles. The lowest BCUT2D eigenvalue weighted by Crippen LogP contribution is -2.23. The van der Waals surface area contributed by atoms with Crippen molar-refractivity contribution in [1.82, 2.24) is 0 Å². The molecule has 4 nitrogen and oxygen atoms in total. The van der Waals surface area contributed by atoms with E-state index in [0.29, 0.717) is 18.6 Å². The van der Waals surface area contributed by atoms with Gasteiger partial charge in [-0.25, -0.2) is 0 Å². The van der Waals surface area contributed by atoms with Crippen molar-refractivity contribution in [1.29, 1.82) is 0 Å². The van der Waals surface area contributed by atoms with Crippen LogP contribution in [0.5, 0.6) is 0 Å². The maximum Gasteiger partial charge on any atom is 0.193 e. The van der Waals surface area contributed by atoms with E-state index in [0.717, 1.165) is 25.1 Å². The van der Waals surface area contributed by atoms with Gasteiger partial charge in [0.25, 0.3) is 0 Å². The fourth-order valence-corrected chi connectivity index (χ4v) is 2.21. The number of ether oxygens (including phenoxy) is 1. The van der Waals surface area contributed by atoms with Crippen molar-refractivity contribution in [3.8, 4) is 0 Å². The molecule has 0 aliphatic carbocycles. The van der Waals surface area contributed by atoms with Gasteiger partial charge in [0, 0.05) is 18.8 Å². The minimum absolute atomic E-state index is 0.373. The summed E-state index contributed by atoms with van der Waals surface area (Å²) in [7, 11) is 0. The van der Waals surface area contributed by atoms with Gasteiger partial charge < -0.3 is 15.8 Å². The van der Waals surface area contributed by atoms with Crippen molar-refractivity contribution in [2.75, 3.05) is 18.5 Å². The molecule has 1 aromatic rings. The van der Waals surface area contributed by atoms with Crippen molar-refractivity contribution in [3.63, 3.8) is 0 Å². The number of benzene rings is 1. The van der Waals surface area contributed by atoms with Crippen LogP contribution in [0.3, 0.4) is 0 Å². The van der Waals surface area contributed by atoms with E-state index in [9.17, 15) is 0 Å². The summed E-state index contributed by atoms with van der Waals surface area (Å²) >= 11 is 0. The standard InChI is InChI=1S/C15H23N3O/c1-11-5-6-13(10-12(11)2)18-15(16)17-8-7-14-4-3-9-19-14/h5-6,10,14H,3-4,7-9H2,1-2H3,(H3,16,17,18). The maximum atomic E-state index is 5.88. The Morgan fingerprint density at radius 3 is 2.95 bits per heavy atom. The van der Waals surface area contributed by atoms with Gasteiger partial charge in [0.1, 0.15) is 0 Å². The molecule has 0 bridgehead atoms. The van der Waals surface area contributed by atoms with Crippen molar-refractivity contribution in [2.24, 2.45) is 10.7 Å². The van der Waals surface area contributed by atoms with E-state index in [1.165, 1.54) is 17.5 Å². The summed E-state index contributed by atoms with van der Waals surface area (Å²) in [4.78, 5) is 4.34. The summed E-state index contributed by atoms with van der Waals surface area (Å²) in [6.45, 7) is 5.79. The third-order valence-corrected chi connectivity index (χ3v) is 3.54. The van der Waals surface area contributed by atoms with E-state index >= 15 is 0 Å². The van der Waals surface area contributed by atoms with Gasteiger partial charge in [-0.2, -0.15) is 0 Å². The molecule has 1 aromatic carbocycles. The predicted octanol–water partition coefficient (Wildman–Crippen LogP) is 2.60. The molecule has 0 saturated carbocycles. The van der Waals surface area contributed by atoms with Gasteiger partial charge in [0.2, 0.25) is 0 Å². The molecule has 1 aliphatic rings. The summed E-state index contributed by atoms with van der Waals surface area (Å²) in [6, 6.07) is 6.18. The third-order valence-electron chi connectivity index (χ3n) is 3.54. The summed E-state index contributed by atoms with van der Waals surface area (Å²) in [5.74, 6) is 0.473. The molecular weight excluding hydrogens is 238 g/mol. The second kappa shape index (κ2) is 6.57. The Morgan fingerprint density at radius 2 is 2.26 bits per heavy atom. The second-order valence-electron chi connectivity index (χ2n) is 5.11. The highest BCUT2D eigenvalue weighted by Crippen LogP contribution is 2.15. The minimum Gasteiger partial charge on any atom is -0.378 e. The van der Waals surface area contributed by atoms with Crippen LogP contribution in [0.1, 0.15) is 30.4 Å². The van der Waals surface area contributed by atoms with Crippen molar-refractivity contribution < 1.29 is 4.74 Å². The number of aliphatic imine (C=N–C) groups is 1. The van der Waals surface area contributed by atoms with Crippen LogP contribution < -0.4 is 11.1 Å². The molecule has 1 unspecified atom stereocenters. The Bertz CT molecular complexity index is 451. The van der Waals surface area contributed by atoms with Gasteiger partial charge in [-0.1, -0.05) is 6.07 Å². The first-order chi connectivity index (χ1) is 9.15. The first-order valence-electron chi connectivity index (χ1n) is 6.91. The molecule has 104 valence electrons. The lowest BCUT2D eigenvalue weighted by Gasteiger charge is -2.09. The van der Waals surface area contributed by atoms with Crippen molar-refractivity contribution >= 4 is 11.6 Å². The fraction of sp³-hybridized carbons (Fsp3) is 0.533. The van der Waals surface area contributed by atoms with Crippen LogP contribution in [0.25, 0.3) is 0 Å². The van der Waals surface area contributed by atoms with E-state index in [4.69, 9.17) is 10.5 Å². The van der Waals surface area contributed by atoms with Crippen LogP contribution in [0.2, 0.25) is 0 Å². The van der Waals surface area contributed by atoms with Gasteiger partial charge in [-0.3, -0.25) is 4.99 Å². The Morgan fingerprint density at radius 1 is 1.42 bits per heavy atom. The lowest BCUT2D eigenvalue weighted by molar-refractivity contribution is 0.106. The Balaban J connectivity index is 1.81. The molecular formula is C15H23N3O. The van der Waals surface area contributed by atoms with E-state index < -0.39 is 0 Å². The highest BCUT2D eigenvalue weighted by atomic mass is 16.5. The molecule has 1 atom stereocenters. The largest absolute Gasteiger partial charge is 0.378 e. The van der Waals surface area contributed by atoms with Crippen LogP contribution in [0.4, 0.5) is 5.69 Å². The number of hydrogen-bond acceptors (Lipinski definition) is 2. The Kier molecular flexibility index (Phi) is 4.80. The normalized spacial score (nSPS) is 19.7. The number of rotatable bonds is 4. The zero-order valence-electron chi connectivity index (χ0n) is 11.8. The fourth-order valence-electron chi connectivity index (χ4n) is 2.21. The van der Waals surface area contributed by atoms with E-state index in [1.54, 1.807) is 0 Å². The van der Waals surface area contributed by atoms with Gasteiger partial charge in [0.05, 0.1) is 6.10 Å². The van der Waals surface area contributed by atoms with Crippen molar-refractivity contribution in [2.45, 2.75) is 39.2 Å². The number of guanidine groups is 1. The molecule has 19 heavy (non-hydrogen) atoms. The molecule has 0 aromatic heterocycles. The number of anilines is 1. The molecule has 3 N–H and O–H groups in total. The van der Waals surface area contributed by atoms with E-state index in [-0.39, 0.29) is 0 Å². The average Bonchev–Trinajstić information content (AvgIpc) is 2.87. The number of nitrogens with two attached hydrogens (primary N) is 1. The minimum atomic E-state index is 0.373. The molecule has 1 aliphatic heterocycles. The van der Waals surface area contributed by atoms with Crippen LogP contribution >= 0.6 is 0 Å². The first kappa shape index (κ1) is 13.9. The topological polar surface area (TPSA) is 59.6 Å². The molecule has 1 fully saturated rings. The Hall–Kier alpha value is -1.55. The lowest BCUT2D eigenvalue weighted by atomic mass is 10.1. The predicted molar refractivity (Wildman–Crippen MR) is 79.6 cm³/mol. The second-order valence-corrected chi connectivity index (χ2v) is 5.11. The first-order valence-corrected chi connectivity index (χ1v) is 6.91. The number of nitrogens with zero attached hydrogens (tertiary/aromatic N) is 1. The van der Waals surface area contributed by atoms with Crippen LogP contribution in [-0.4, -0.2) is 25.2 Å².